The number of carbonyl (C=O) groups excluding carboxylic acids is 2. The molecule has 0 fully saturated rings. The van der Waals surface area contributed by atoms with Crippen LogP contribution in [0.3, 0.4) is 0 Å². The first-order valence-corrected chi connectivity index (χ1v) is 6.96. The van der Waals surface area contributed by atoms with Gasteiger partial charge in [-0.05, 0) is 36.7 Å². The second kappa shape index (κ2) is 4.55. The van der Waals surface area contributed by atoms with Gasteiger partial charge < -0.3 is 0 Å². The van der Waals surface area contributed by atoms with Crippen LogP contribution in [0.1, 0.15) is 33.2 Å². The van der Waals surface area contributed by atoms with E-state index in [2.05, 4.69) is 0 Å². The van der Waals surface area contributed by atoms with Crippen LogP contribution in [0.5, 0.6) is 0 Å². The van der Waals surface area contributed by atoms with E-state index < -0.39 is 5.41 Å². The molecule has 2 aromatic heterocycles. The van der Waals surface area contributed by atoms with Gasteiger partial charge in [-0.25, -0.2) is 0 Å². The molecule has 0 spiro atoms. The molecule has 17 heavy (non-hydrogen) atoms. The average molecular weight is 264 g/mol. The number of carbonyl (C=O) groups is 2. The fourth-order valence-electron chi connectivity index (χ4n) is 1.53. The maximum Gasteiger partial charge on any atom is 0.186 e. The summed E-state index contributed by atoms with van der Waals surface area (Å²) in [6.07, 6.45) is 0. The lowest BCUT2D eigenvalue weighted by atomic mass is 9.82. The molecule has 0 atom stereocenters. The van der Waals surface area contributed by atoms with Crippen molar-refractivity contribution in [1.82, 2.24) is 0 Å². The van der Waals surface area contributed by atoms with Crippen molar-refractivity contribution in [2.75, 3.05) is 0 Å². The Labute approximate surface area is 108 Å². The summed E-state index contributed by atoms with van der Waals surface area (Å²) in [4.78, 5) is 25.8. The second-order valence-corrected chi connectivity index (χ2v) is 6.13. The Morgan fingerprint density at radius 3 is 1.65 bits per heavy atom. The molecule has 0 unspecified atom stereocenters. The highest BCUT2D eigenvalue weighted by molar-refractivity contribution is 7.13. The Morgan fingerprint density at radius 2 is 1.35 bits per heavy atom. The summed E-state index contributed by atoms with van der Waals surface area (Å²) in [5, 5.41) is 3.69. The minimum atomic E-state index is -0.990. The Morgan fingerprint density at radius 1 is 0.941 bits per heavy atom. The largest absolute Gasteiger partial charge is 0.292 e. The zero-order valence-electron chi connectivity index (χ0n) is 9.60. The maximum atomic E-state index is 12.3. The van der Waals surface area contributed by atoms with Crippen molar-refractivity contribution >= 4 is 34.2 Å². The van der Waals surface area contributed by atoms with Gasteiger partial charge in [0.05, 0.1) is 15.2 Å². The van der Waals surface area contributed by atoms with Crippen molar-refractivity contribution in [3.8, 4) is 0 Å². The van der Waals surface area contributed by atoms with Crippen LogP contribution in [0, 0.1) is 5.41 Å². The normalized spacial score (nSPS) is 11.4. The maximum absolute atomic E-state index is 12.3. The minimum Gasteiger partial charge on any atom is -0.292 e. The molecule has 0 bridgehead atoms. The number of rotatable bonds is 4. The van der Waals surface area contributed by atoms with E-state index in [1.54, 1.807) is 26.0 Å². The van der Waals surface area contributed by atoms with E-state index in [0.717, 1.165) is 0 Å². The Kier molecular flexibility index (Phi) is 3.26. The van der Waals surface area contributed by atoms with E-state index >= 15 is 0 Å². The number of thiophene rings is 2. The number of hydrogen-bond donors (Lipinski definition) is 0. The minimum absolute atomic E-state index is 0.106. The smallest absolute Gasteiger partial charge is 0.186 e. The first-order valence-electron chi connectivity index (χ1n) is 5.20. The fourth-order valence-corrected chi connectivity index (χ4v) is 3.18. The summed E-state index contributed by atoms with van der Waals surface area (Å²) in [6.45, 7) is 3.38. The molecule has 2 nitrogen and oxygen atoms in total. The van der Waals surface area contributed by atoms with Crippen molar-refractivity contribution < 1.29 is 9.59 Å². The molecule has 0 amide bonds. The van der Waals surface area contributed by atoms with Gasteiger partial charge in [0.25, 0.3) is 0 Å². The molecule has 4 heteroatoms. The molecule has 88 valence electrons. The quantitative estimate of drug-likeness (QED) is 0.620. The van der Waals surface area contributed by atoms with Crippen LogP contribution >= 0.6 is 22.7 Å². The molecule has 0 saturated heterocycles. The molecule has 2 heterocycles. The molecule has 2 rings (SSSR count). The highest BCUT2D eigenvalue weighted by atomic mass is 32.1. The van der Waals surface area contributed by atoms with Gasteiger partial charge in [-0.15, -0.1) is 22.7 Å². The summed E-state index contributed by atoms with van der Waals surface area (Å²) in [6, 6.07) is 7.17. The summed E-state index contributed by atoms with van der Waals surface area (Å²) in [5.41, 5.74) is -0.990. The van der Waals surface area contributed by atoms with Crippen LogP contribution < -0.4 is 0 Å². The predicted octanol–water partition coefficient (Wildman–Crippen LogP) is 3.90. The summed E-state index contributed by atoms with van der Waals surface area (Å²) in [5.74, 6) is -0.211. The lowest BCUT2D eigenvalue weighted by molar-refractivity contribution is 0.0717. The zero-order chi connectivity index (χ0) is 12.5. The van der Waals surface area contributed by atoms with Crippen molar-refractivity contribution in [3.05, 3.63) is 44.8 Å². The molecular weight excluding hydrogens is 252 g/mol. The molecule has 0 N–H and O–H groups in total. The van der Waals surface area contributed by atoms with E-state index in [4.69, 9.17) is 0 Å². The van der Waals surface area contributed by atoms with Crippen LogP contribution in [0.4, 0.5) is 0 Å². The molecule has 0 aromatic carbocycles. The van der Waals surface area contributed by atoms with Gasteiger partial charge in [0, 0.05) is 0 Å². The Hall–Kier alpha value is -1.26. The lowest BCUT2D eigenvalue weighted by Gasteiger charge is -2.19. The zero-order valence-corrected chi connectivity index (χ0v) is 11.2. The third-order valence-electron chi connectivity index (χ3n) is 2.63. The first-order chi connectivity index (χ1) is 8.03. The van der Waals surface area contributed by atoms with Crippen LogP contribution in [0.15, 0.2) is 35.0 Å². The standard InChI is InChI=1S/C13H12O2S2/c1-13(2,11(14)9-5-3-7-16-9)12(15)10-6-4-8-17-10/h3-8H,1-2H3. The molecule has 0 radical (unpaired) electrons. The van der Waals surface area contributed by atoms with Crippen LogP contribution in [0.2, 0.25) is 0 Å². The SMILES string of the molecule is CC(C)(C(=O)c1cccs1)C(=O)c1cccs1. The van der Waals surface area contributed by atoms with Gasteiger partial charge in [-0.3, -0.25) is 9.59 Å². The van der Waals surface area contributed by atoms with Crippen molar-refractivity contribution in [3.63, 3.8) is 0 Å². The van der Waals surface area contributed by atoms with Gasteiger partial charge >= 0.3 is 0 Å². The Bertz CT molecular complexity index is 474. The van der Waals surface area contributed by atoms with Gasteiger partial charge in [-0.1, -0.05) is 12.1 Å². The summed E-state index contributed by atoms with van der Waals surface area (Å²) in [7, 11) is 0. The number of ketones is 2. The van der Waals surface area contributed by atoms with E-state index in [1.807, 2.05) is 22.9 Å². The lowest BCUT2D eigenvalue weighted by Crippen LogP contribution is -2.32. The van der Waals surface area contributed by atoms with Crippen LogP contribution in [-0.4, -0.2) is 11.6 Å². The van der Waals surface area contributed by atoms with E-state index in [-0.39, 0.29) is 11.6 Å². The highest BCUT2D eigenvalue weighted by Gasteiger charge is 2.37. The monoisotopic (exact) mass is 264 g/mol. The van der Waals surface area contributed by atoms with E-state index in [1.165, 1.54) is 22.7 Å². The molecule has 0 aliphatic rings. The highest BCUT2D eigenvalue weighted by Crippen LogP contribution is 2.30. The molecule has 0 aliphatic heterocycles. The second-order valence-electron chi connectivity index (χ2n) is 4.24. The average Bonchev–Trinajstić information content (AvgIpc) is 2.99. The van der Waals surface area contributed by atoms with Gasteiger partial charge in [0.1, 0.15) is 0 Å². The van der Waals surface area contributed by atoms with Gasteiger partial charge in [0.15, 0.2) is 11.6 Å². The number of Topliss-reactive ketones (excluding diaryl/α,β-unsaturated/α-hetero) is 2. The van der Waals surface area contributed by atoms with Crippen LogP contribution in [0.25, 0.3) is 0 Å². The Balaban J connectivity index is 2.30. The number of hydrogen-bond acceptors (Lipinski definition) is 4. The molecule has 2 aromatic rings. The van der Waals surface area contributed by atoms with E-state index in [9.17, 15) is 9.59 Å². The predicted molar refractivity (Wildman–Crippen MR) is 71.1 cm³/mol. The van der Waals surface area contributed by atoms with Gasteiger partial charge in [-0.2, -0.15) is 0 Å². The van der Waals surface area contributed by atoms with Gasteiger partial charge in [0.2, 0.25) is 0 Å². The first kappa shape index (κ1) is 12.2. The van der Waals surface area contributed by atoms with Crippen LogP contribution in [-0.2, 0) is 0 Å². The summed E-state index contributed by atoms with van der Waals surface area (Å²) < 4.78 is 0. The third kappa shape index (κ3) is 2.23. The van der Waals surface area contributed by atoms with E-state index in [0.29, 0.717) is 9.75 Å². The topological polar surface area (TPSA) is 34.1 Å². The molecule has 0 aliphatic carbocycles. The van der Waals surface area contributed by atoms with Crippen molar-refractivity contribution in [2.24, 2.45) is 5.41 Å². The molecular formula is C13H12O2S2. The van der Waals surface area contributed by atoms with Crippen molar-refractivity contribution in [1.29, 1.82) is 0 Å². The third-order valence-corrected chi connectivity index (χ3v) is 4.36. The summed E-state index contributed by atoms with van der Waals surface area (Å²) >= 11 is 2.75. The van der Waals surface area contributed by atoms with Crippen molar-refractivity contribution in [2.45, 2.75) is 13.8 Å². The molecule has 0 saturated carbocycles. The fraction of sp³-hybridized carbons (Fsp3) is 0.231.